The smallest absolute Gasteiger partial charge is 0.411 e. The number of hydrogen-bond donors (Lipinski definition) is 1. The highest BCUT2D eigenvalue weighted by molar-refractivity contribution is 5.80. The number of carbonyl (C=O) groups is 2. The van der Waals surface area contributed by atoms with Crippen LogP contribution < -0.4 is 0 Å². The number of carbonyl (C=O) groups excluding carboxylic acids is 1. The van der Waals surface area contributed by atoms with E-state index in [1.54, 1.807) is 27.7 Å². The van der Waals surface area contributed by atoms with Crippen LogP contribution in [0.1, 0.15) is 66.2 Å². The number of carboxylic acid groups (broad SMARTS) is 1. The molecular formula is C16H29NO4. The number of ether oxygens (including phenoxy) is 1. The first-order valence-corrected chi connectivity index (χ1v) is 7.97. The predicted molar refractivity (Wildman–Crippen MR) is 81.2 cm³/mol. The van der Waals surface area contributed by atoms with E-state index < -0.39 is 23.7 Å². The maximum absolute atomic E-state index is 12.2. The molecule has 0 saturated heterocycles. The van der Waals surface area contributed by atoms with Gasteiger partial charge in [0.25, 0.3) is 0 Å². The van der Waals surface area contributed by atoms with Crippen LogP contribution in [0.5, 0.6) is 0 Å². The van der Waals surface area contributed by atoms with Crippen LogP contribution in [0.2, 0.25) is 0 Å². The topological polar surface area (TPSA) is 66.8 Å². The van der Waals surface area contributed by atoms with Crippen LogP contribution in [0.25, 0.3) is 0 Å². The van der Waals surface area contributed by atoms with Gasteiger partial charge in [-0.3, -0.25) is 4.90 Å². The number of amides is 1. The maximum atomic E-state index is 12.2. The third-order valence-electron chi connectivity index (χ3n) is 3.91. The molecule has 1 amide bonds. The summed E-state index contributed by atoms with van der Waals surface area (Å²) in [6.07, 6.45) is 5.68. The summed E-state index contributed by atoms with van der Waals surface area (Å²) in [6.45, 7) is 7.50. The zero-order valence-corrected chi connectivity index (χ0v) is 13.7. The van der Waals surface area contributed by atoms with E-state index in [2.05, 4.69) is 0 Å². The molecule has 0 unspecified atom stereocenters. The molecule has 1 fully saturated rings. The first kappa shape index (κ1) is 17.8. The number of nitrogens with zero attached hydrogens (tertiary/aromatic N) is 1. The zero-order chi connectivity index (χ0) is 16.0. The van der Waals surface area contributed by atoms with Crippen LogP contribution >= 0.6 is 0 Å². The molecule has 1 N–H and O–H groups in total. The van der Waals surface area contributed by atoms with Crippen molar-refractivity contribution in [1.82, 2.24) is 4.90 Å². The summed E-state index contributed by atoms with van der Waals surface area (Å²) in [5, 5.41) is 9.50. The highest BCUT2D eigenvalue weighted by Gasteiger charge is 2.33. The third-order valence-corrected chi connectivity index (χ3v) is 3.91. The molecular weight excluding hydrogens is 270 g/mol. The summed E-state index contributed by atoms with van der Waals surface area (Å²) in [6, 6.07) is -0.784. The molecule has 1 atom stereocenters. The molecule has 1 saturated carbocycles. The van der Waals surface area contributed by atoms with E-state index in [9.17, 15) is 14.7 Å². The second-order valence-electron chi connectivity index (χ2n) is 6.86. The van der Waals surface area contributed by atoms with Gasteiger partial charge in [0.05, 0.1) is 0 Å². The lowest BCUT2D eigenvalue weighted by atomic mass is 9.84. The van der Waals surface area contributed by atoms with Crippen molar-refractivity contribution in [3.63, 3.8) is 0 Å². The van der Waals surface area contributed by atoms with E-state index in [1.165, 1.54) is 11.3 Å². The fraction of sp³-hybridized carbons (Fsp3) is 0.875. The first-order valence-electron chi connectivity index (χ1n) is 7.97. The molecule has 0 aliphatic heterocycles. The summed E-state index contributed by atoms with van der Waals surface area (Å²) in [5.41, 5.74) is -0.613. The van der Waals surface area contributed by atoms with Gasteiger partial charge in [-0.15, -0.1) is 0 Å². The third kappa shape index (κ3) is 5.94. The van der Waals surface area contributed by atoms with Crippen LogP contribution in [-0.4, -0.2) is 40.3 Å². The molecule has 0 aromatic carbocycles. The summed E-state index contributed by atoms with van der Waals surface area (Å²) < 4.78 is 5.33. The molecule has 21 heavy (non-hydrogen) atoms. The van der Waals surface area contributed by atoms with E-state index in [1.807, 2.05) is 0 Å². The van der Waals surface area contributed by atoms with Gasteiger partial charge in [0, 0.05) is 6.54 Å². The summed E-state index contributed by atoms with van der Waals surface area (Å²) in [4.78, 5) is 25.2. The quantitative estimate of drug-likeness (QED) is 0.841. The molecule has 0 aromatic heterocycles. The summed E-state index contributed by atoms with van der Waals surface area (Å²) in [5.74, 6) is -0.537. The fourth-order valence-electron chi connectivity index (χ4n) is 2.90. The highest BCUT2D eigenvalue weighted by Crippen LogP contribution is 2.29. The number of hydrogen-bond acceptors (Lipinski definition) is 3. The van der Waals surface area contributed by atoms with Gasteiger partial charge in [0.1, 0.15) is 11.6 Å². The Hall–Kier alpha value is -1.26. The Balaban J connectivity index is 2.75. The maximum Gasteiger partial charge on any atom is 0.411 e. The Labute approximate surface area is 127 Å². The second kappa shape index (κ2) is 7.66. The fourth-order valence-corrected chi connectivity index (χ4v) is 2.90. The largest absolute Gasteiger partial charge is 0.480 e. The van der Waals surface area contributed by atoms with Crippen LogP contribution in [0, 0.1) is 5.92 Å². The number of carboxylic acids is 1. The van der Waals surface area contributed by atoms with Crippen molar-refractivity contribution < 1.29 is 19.4 Å². The molecule has 5 nitrogen and oxygen atoms in total. The molecule has 1 aliphatic carbocycles. The molecule has 0 spiro atoms. The lowest BCUT2D eigenvalue weighted by molar-refractivity contribution is -0.144. The van der Waals surface area contributed by atoms with Crippen LogP contribution in [0.4, 0.5) is 4.79 Å². The summed E-state index contributed by atoms with van der Waals surface area (Å²) >= 11 is 0. The van der Waals surface area contributed by atoms with Crippen molar-refractivity contribution >= 4 is 12.1 Å². The van der Waals surface area contributed by atoms with E-state index >= 15 is 0 Å². The van der Waals surface area contributed by atoms with Gasteiger partial charge in [0.15, 0.2) is 0 Å². The molecule has 0 radical (unpaired) electrons. The van der Waals surface area contributed by atoms with Crippen molar-refractivity contribution in [1.29, 1.82) is 0 Å². The first-order chi connectivity index (χ1) is 9.74. The average molecular weight is 299 g/mol. The molecule has 0 bridgehead atoms. The Morgan fingerprint density at radius 2 is 1.81 bits per heavy atom. The zero-order valence-electron chi connectivity index (χ0n) is 13.7. The Bertz CT molecular complexity index is 356. The van der Waals surface area contributed by atoms with Crippen LogP contribution in [-0.2, 0) is 9.53 Å². The van der Waals surface area contributed by atoms with E-state index in [-0.39, 0.29) is 0 Å². The highest BCUT2D eigenvalue weighted by atomic mass is 16.6. The Kier molecular flexibility index (Phi) is 6.49. The van der Waals surface area contributed by atoms with Crippen molar-refractivity contribution in [2.75, 3.05) is 6.54 Å². The molecule has 5 heteroatoms. The van der Waals surface area contributed by atoms with E-state index in [0.29, 0.717) is 18.9 Å². The monoisotopic (exact) mass is 299 g/mol. The van der Waals surface area contributed by atoms with Crippen molar-refractivity contribution in [3.8, 4) is 0 Å². The number of likely N-dealkylation sites (N-methyl/N-ethyl adjacent to an activating group) is 1. The van der Waals surface area contributed by atoms with Gasteiger partial charge in [-0.25, -0.2) is 9.59 Å². The van der Waals surface area contributed by atoms with Gasteiger partial charge in [-0.2, -0.15) is 0 Å². The molecule has 1 aliphatic rings. The lowest BCUT2D eigenvalue weighted by Gasteiger charge is -2.33. The molecule has 0 heterocycles. The van der Waals surface area contributed by atoms with Crippen molar-refractivity contribution in [3.05, 3.63) is 0 Å². The average Bonchev–Trinajstić information content (AvgIpc) is 2.37. The lowest BCUT2D eigenvalue weighted by Crippen LogP contribution is -2.48. The second-order valence-corrected chi connectivity index (χ2v) is 6.86. The van der Waals surface area contributed by atoms with Gasteiger partial charge < -0.3 is 9.84 Å². The van der Waals surface area contributed by atoms with Gasteiger partial charge >= 0.3 is 12.1 Å². The molecule has 0 aromatic rings. The SMILES string of the molecule is CCN(C(=O)OC(C)(C)C)[C@@H](CC1CCCCC1)C(=O)O. The minimum Gasteiger partial charge on any atom is -0.480 e. The molecule has 122 valence electrons. The van der Waals surface area contributed by atoms with Gasteiger partial charge in [0.2, 0.25) is 0 Å². The minimum absolute atomic E-state index is 0.346. The molecule has 1 rings (SSSR count). The van der Waals surface area contributed by atoms with Gasteiger partial charge in [-0.05, 0) is 40.0 Å². The minimum atomic E-state index is -0.937. The Morgan fingerprint density at radius 3 is 2.24 bits per heavy atom. The number of rotatable bonds is 5. The standard InChI is InChI=1S/C16H29NO4/c1-5-17(15(20)21-16(2,3)4)13(14(18)19)11-12-9-7-6-8-10-12/h12-13H,5-11H2,1-4H3,(H,18,19)/t13-/m0/s1. The Morgan fingerprint density at radius 1 is 1.24 bits per heavy atom. The predicted octanol–water partition coefficient (Wildman–Crippen LogP) is 3.67. The van der Waals surface area contributed by atoms with Crippen LogP contribution in [0.15, 0.2) is 0 Å². The van der Waals surface area contributed by atoms with E-state index in [0.717, 1.165) is 25.7 Å². The van der Waals surface area contributed by atoms with Crippen LogP contribution in [0.3, 0.4) is 0 Å². The summed E-state index contributed by atoms with van der Waals surface area (Å²) in [7, 11) is 0. The van der Waals surface area contributed by atoms with Gasteiger partial charge in [-0.1, -0.05) is 32.1 Å². The normalized spacial score (nSPS) is 18.1. The van der Waals surface area contributed by atoms with E-state index in [4.69, 9.17) is 4.74 Å². The van der Waals surface area contributed by atoms with Crippen molar-refractivity contribution in [2.45, 2.75) is 77.9 Å². The van der Waals surface area contributed by atoms with Crippen molar-refractivity contribution in [2.24, 2.45) is 5.92 Å². The number of aliphatic carboxylic acids is 1.